The first-order chi connectivity index (χ1) is 8.16. The molecule has 3 heteroatoms. The molecule has 1 fully saturated rings. The highest BCUT2D eigenvalue weighted by Gasteiger charge is 2.24. The maximum Gasteiger partial charge on any atom is 0.123 e. The molecular weight excluding hydrogens is 217 g/mol. The van der Waals surface area contributed by atoms with Gasteiger partial charge in [0.05, 0.1) is 6.10 Å². The average molecular weight is 237 g/mol. The summed E-state index contributed by atoms with van der Waals surface area (Å²) in [7, 11) is 0. The average Bonchev–Trinajstić information content (AvgIpc) is 2.33. The summed E-state index contributed by atoms with van der Waals surface area (Å²) in [6.45, 7) is 2.05. The molecule has 94 valence electrons. The maximum atomic E-state index is 12.8. The lowest BCUT2D eigenvalue weighted by atomic mass is 9.91. The first-order valence-electron chi connectivity index (χ1n) is 6.36. The van der Waals surface area contributed by atoms with Gasteiger partial charge >= 0.3 is 0 Å². The van der Waals surface area contributed by atoms with Crippen LogP contribution in [-0.2, 0) is 0 Å². The van der Waals surface area contributed by atoms with Gasteiger partial charge in [-0.15, -0.1) is 0 Å². The van der Waals surface area contributed by atoms with Gasteiger partial charge in [-0.25, -0.2) is 4.39 Å². The van der Waals surface area contributed by atoms with E-state index in [0.717, 1.165) is 24.8 Å². The molecule has 1 aromatic carbocycles. The minimum atomic E-state index is -0.244. The predicted molar refractivity (Wildman–Crippen MR) is 66.2 cm³/mol. The second-order valence-corrected chi connectivity index (χ2v) is 4.90. The summed E-state index contributed by atoms with van der Waals surface area (Å²) in [5, 5.41) is 13.3. The smallest absolute Gasteiger partial charge is 0.123 e. The van der Waals surface area contributed by atoms with Gasteiger partial charge in [0.25, 0.3) is 0 Å². The topological polar surface area (TPSA) is 32.3 Å². The molecular formula is C14H20FNO. The van der Waals surface area contributed by atoms with Crippen molar-refractivity contribution in [2.45, 2.75) is 50.8 Å². The van der Waals surface area contributed by atoms with Crippen LogP contribution in [0.3, 0.4) is 0 Å². The Bertz CT molecular complexity index is 352. The standard InChI is InChI=1S/C14H20FNO/c1-10(11-6-8-12(15)9-7-11)16-13-4-2-3-5-14(13)17/h6-10,13-14,16-17H,2-5H2,1H3/t10-,13?,14?/m1/s1. The van der Waals surface area contributed by atoms with Crippen LogP contribution in [-0.4, -0.2) is 17.3 Å². The van der Waals surface area contributed by atoms with E-state index in [-0.39, 0.29) is 24.0 Å². The number of halogens is 1. The van der Waals surface area contributed by atoms with Gasteiger partial charge in [-0.3, -0.25) is 0 Å². The molecule has 17 heavy (non-hydrogen) atoms. The summed E-state index contributed by atoms with van der Waals surface area (Å²) in [6, 6.07) is 6.86. The van der Waals surface area contributed by atoms with Gasteiger partial charge in [-0.05, 0) is 37.5 Å². The number of hydrogen-bond donors (Lipinski definition) is 2. The van der Waals surface area contributed by atoms with Gasteiger partial charge in [0, 0.05) is 12.1 Å². The highest BCUT2D eigenvalue weighted by Crippen LogP contribution is 2.22. The zero-order valence-corrected chi connectivity index (χ0v) is 10.2. The number of aliphatic hydroxyl groups excluding tert-OH is 1. The largest absolute Gasteiger partial charge is 0.392 e. The summed E-state index contributed by atoms with van der Waals surface area (Å²) in [5.41, 5.74) is 1.06. The van der Waals surface area contributed by atoms with Gasteiger partial charge in [0.15, 0.2) is 0 Å². The molecule has 1 aliphatic carbocycles. The minimum Gasteiger partial charge on any atom is -0.392 e. The van der Waals surface area contributed by atoms with Gasteiger partial charge in [-0.2, -0.15) is 0 Å². The monoisotopic (exact) mass is 237 g/mol. The molecule has 2 rings (SSSR count). The van der Waals surface area contributed by atoms with Gasteiger partial charge in [-0.1, -0.05) is 25.0 Å². The maximum absolute atomic E-state index is 12.8. The fourth-order valence-corrected chi connectivity index (χ4v) is 2.47. The third-order valence-corrected chi connectivity index (χ3v) is 3.56. The number of rotatable bonds is 3. The van der Waals surface area contributed by atoms with Crippen LogP contribution in [0, 0.1) is 5.82 Å². The molecule has 0 saturated heterocycles. The van der Waals surface area contributed by atoms with E-state index in [9.17, 15) is 9.50 Å². The molecule has 1 aliphatic rings. The molecule has 0 spiro atoms. The summed E-state index contributed by atoms with van der Waals surface area (Å²) >= 11 is 0. The van der Waals surface area contributed by atoms with Crippen LogP contribution in [0.2, 0.25) is 0 Å². The van der Waals surface area contributed by atoms with E-state index in [0.29, 0.717) is 0 Å². The molecule has 0 amide bonds. The van der Waals surface area contributed by atoms with E-state index >= 15 is 0 Å². The molecule has 0 radical (unpaired) electrons. The fraction of sp³-hybridized carbons (Fsp3) is 0.571. The molecule has 0 aromatic heterocycles. The summed E-state index contributed by atoms with van der Waals surface area (Å²) in [4.78, 5) is 0. The third-order valence-electron chi connectivity index (χ3n) is 3.56. The lowest BCUT2D eigenvalue weighted by Gasteiger charge is -2.31. The van der Waals surface area contributed by atoms with Crippen molar-refractivity contribution in [1.82, 2.24) is 5.32 Å². The first-order valence-corrected chi connectivity index (χ1v) is 6.36. The Morgan fingerprint density at radius 1 is 1.24 bits per heavy atom. The van der Waals surface area contributed by atoms with Crippen molar-refractivity contribution in [1.29, 1.82) is 0 Å². The molecule has 3 atom stereocenters. The lowest BCUT2D eigenvalue weighted by Crippen LogP contribution is -2.43. The molecule has 0 heterocycles. The Labute approximate surface area is 102 Å². The zero-order chi connectivity index (χ0) is 12.3. The van der Waals surface area contributed by atoms with E-state index in [4.69, 9.17) is 0 Å². The van der Waals surface area contributed by atoms with Gasteiger partial charge in [0.1, 0.15) is 5.82 Å². The van der Waals surface area contributed by atoms with Crippen LogP contribution in [0.1, 0.15) is 44.2 Å². The second-order valence-electron chi connectivity index (χ2n) is 4.90. The molecule has 1 saturated carbocycles. The SMILES string of the molecule is C[C@@H](NC1CCCCC1O)c1ccc(F)cc1. The van der Waals surface area contributed by atoms with Crippen molar-refractivity contribution in [3.8, 4) is 0 Å². The number of benzene rings is 1. The van der Waals surface area contributed by atoms with E-state index in [2.05, 4.69) is 12.2 Å². The number of hydrogen-bond acceptors (Lipinski definition) is 2. The Kier molecular flexibility index (Phi) is 4.13. The molecule has 2 N–H and O–H groups in total. The van der Waals surface area contributed by atoms with Gasteiger partial charge in [0.2, 0.25) is 0 Å². The third kappa shape index (κ3) is 3.27. The second kappa shape index (κ2) is 5.61. The quantitative estimate of drug-likeness (QED) is 0.847. The molecule has 0 bridgehead atoms. The van der Waals surface area contributed by atoms with Crippen LogP contribution in [0.25, 0.3) is 0 Å². The van der Waals surface area contributed by atoms with Crippen molar-refractivity contribution in [3.63, 3.8) is 0 Å². The molecule has 1 aromatic rings. The zero-order valence-electron chi connectivity index (χ0n) is 10.2. The highest BCUT2D eigenvalue weighted by molar-refractivity contribution is 5.19. The van der Waals surface area contributed by atoms with Crippen molar-refractivity contribution in [2.75, 3.05) is 0 Å². The van der Waals surface area contributed by atoms with E-state index in [1.54, 1.807) is 12.1 Å². The van der Waals surface area contributed by atoms with E-state index < -0.39 is 0 Å². The Balaban J connectivity index is 1.95. The van der Waals surface area contributed by atoms with Crippen molar-refractivity contribution >= 4 is 0 Å². The highest BCUT2D eigenvalue weighted by atomic mass is 19.1. The van der Waals surface area contributed by atoms with E-state index in [1.165, 1.54) is 18.6 Å². The normalized spacial score (nSPS) is 26.8. The van der Waals surface area contributed by atoms with Crippen molar-refractivity contribution < 1.29 is 9.50 Å². The fourth-order valence-electron chi connectivity index (χ4n) is 2.47. The van der Waals surface area contributed by atoms with Gasteiger partial charge < -0.3 is 10.4 Å². The summed E-state index contributed by atoms with van der Waals surface area (Å²) in [5.74, 6) is -0.210. The van der Waals surface area contributed by atoms with Crippen LogP contribution < -0.4 is 5.32 Å². The Morgan fingerprint density at radius 3 is 2.53 bits per heavy atom. The number of nitrogens with one attached hydrogen (secondary N) is 1. The van der Waals surface area contributed by atoms with Crippen molar-refractivity contribution in [2.24, 2.45) is 0 Å². The Morgan fingerprint density at radius 2 is 1.88 bits per heavy atom. The predicted octanol–water partition coefficient (Wildman–Crippen LogP) is 2.78. The van der Waals surface area contributed by atoms with Crippen LogP contribution in [0.5, 0.6) is 0 Å². The van der Waals surface area contributed by atoms with E-state index in [1.807, 2.05) is 0 Å². The summed E-state index contributed by atoms with van der Waals surface area (Å²) in [6.07, 6.45) is 3.95. The molecule has 2 unspecified atom stereocenters. The van der Waals surface area contributed by atoms with Crippen LogP contribution in [0.15, 0.2) is 24.3 Å². The summed E-state index contributed by atoms with van der Waals surface area (Å²) < 4.78 is 12.8. The van der Waals surface area contributed by atoms with Crippen LogP contribution >= 0.6 is 0 Å². The molecule has 0 aliphatic heterocycles. The number of aliphatic hydroxyl groups is 1. The van der Waals surface area contributed by atoms with Crippen LogP contribution in [0.4, 0.5) is 4.39 Å². The van der Waals surface area contributed by atoms with Crippen molar-refractivity contribution in [3.05, 3.63) is 35.6 Å². The molecule has 2 nitrogen and oxygen atoms in total. The Hall–Kier alpha value is -0.930. The first kappa shape index (κ1) is 12.5. The minimum absolute atomic E-state index is 0.147. The lowest BCUT2D eigenvalue weighted by molar-refractivity contribution is 0.0860.